The van der Waals surface area contributed by atoms with Gasteiger partial charge in [-0.1, -0.05) is 47.2 Å². The maximum Gasteiger partial charge on any atom is 0.231 e. The van der Waals surface area contributed by atoms with E-state index in [0.29, 0.717) is 15.2 Å². The molecule has 3 aromatic rings. The van der Waals surface area contributed by atoms with Gasteiger partial charge in [-0.25, -0.2) is 4.39 Å². The van der Waals surface area contributed by atoms with Gasteiger partial charge in [0.2, 0.25) is 16.9 Å². The second kappa shape index (κ2) is 7.88. The van der Waals surface area contributed by atoms with Crippen LogP contribution in [0.4, 0.5) is 15.2 Å². The molecule has 1 aliphatic heterocycles. The summed E-state index contributed by atoms with van der Waals surface area (Å²) in [4.78, 5) is 26.3. The Morgan fingerprint density at radius 1 is 1.28 bits per heavy atom. The summed E-state index contributed by atoms with van der Waals surface area (Å²) in [6.45, 7) is 1.88. The third-order valence-corrected chi connectivity index (χ3v) is 5.85. The minimum Gasteiger partial charge on any atom is -0.309 e. The Morgan fingerprint density at radius 2 is 2.07 bits per heavy atom. The summed E-state index contributed by atoms with van der Waals surface area (Å²) in [6.07, 6.45) is 0.00925. The van der Waals surface area contributed by atoms with Crippen molar-refractivity contribution >= 4 is 45.6 Å². The molecule has 0 aliphatic carbocycles. The van der Waals surface area contributed by atoms with Gasteiger partial charge in [-0.3, -0.25) is 9.59 Å². The highest BCUT2D eigenvalue weighted by Gasteiger charge is 2.36. The number of nitrogens with one attached hydrogen (secondary N) is 1. The molecule has 0 bridgehead atoms. The van der Waals surface area contributed by atoms with Crippen LogP contribution in [0, 0.1) is 18.7 Å². The molecular formula is C20H16ClFN4O2S. The number of halogens is 2. The highest BCUT2D eigenvalue weighted by atomic mass is 35.5. The summed E-state index contributed by atoms with van der Waals surface area (Å²) in [7, 11) is 0. The highest BCUT2D eigenvalue weighted by molar-refractivity contribution is 7.18. The van der Waals surface area contributed by atoms with Gasteiger partial charge in [0.25, 0.3) is 0 Å². The van der Waals surface area contributed by atoms with Crippen LogP contribution in [0.2, 0.25) is 5.02 Å². The van der Waals surface area contributed by atoms with E-state index in [1.807, 2.05) is 18.2 Å². The number of nitrogens with zero attached hydrogens (tertiary/aromatic N) is 3. The molecule has 6 nitrogen and oxygen atoms in total. The minimum absolute atomic E-state index is 0.00925. The van der Waals surface area contributed by atoms with E-state index < -0.39 is 11.7 Å². The Bertz CT molecular complexity index is 1100. The molecule has 1 aromatic heterocycles. The fourth-order valence-electron chi connectivity index (χ4n) is 3.17. The van der Waals surface area contributed by atoms with Crippen molar-refractivity contribution in [3.63, 3.8) is 0 Å². The van der Waals surface area contributed by atoms with Gasteiger partial charge in [-0.05, 0) is 30.7 Å². The summed E-state index contributed by atoms with van der Waals surface area (Å²) in [5.74, 6) is -1.72. The first kappa shape index (κ1) is 19.5. The SMILES string of the molecule is Cc1ccc(N2CC(C(=O)Nc3nnc(-c4ccccc4Cl)s3)CC2=O)c(F)c1. The number of aromatic nitrogens is 2. The fourth-order valence-corrected chi connectivity index (χ4v) is 4.24. The molecule has 2 heterocycles. The van der Waals surface area contributed by atoms with Gasteiger partial charge in [0.1, 0.15) is 5.82 Å². The molecule has 0 spiro atoms. The van der Waals surface area contributed by atoms with E-state index >= 15 is 0 Å². The first-order valence-electron chi connectivity index (χ1n) is 8.88. The van der Waals surface area contributed by atoms with Crippen LogP contribution >= 0.6 is 22.9 Å². The number of benzene rings is 2. The number of aryl methyl sites for hydroxylation is 1. The molecule has 1 aliphatic rings. The Balaban J connectivity index is 1.46. The standard InChI is InChI=1S/C20H16ClFN4O2S/c1-11-6-7-16(15(22)8-11)26-10-12(9-17(26)27)18(28)23-20-25-24-19(29-20)13-4-2-3-5-14(13)21/h2-8,12H,9-10H2,1H3,(H,23,25,28). The van der Waals surface area contributed by atoms with Crippen LogP contribution in [0.25, 0.3) is 10.6 Å². The molecule has 1 saturated heterocycles. The number of carbonyl (C=O) groups excluding carboxylic acids is 2. The zero-order chi connectivity index (χ0) is 20.5. The van der Waals surface area contributed by atoms with Crippen molar-refractivity contribution in [2.75, 3.05) is 16.8 Å². The van der Waals surface area contributed by atoms with E-state index in [2.05, 4.69) is 15.5 Å². The van der Waals surface area contributed by atoms with Crippen LogP contribution in [0.3, 0.4) is 0 Å². The van der Waals surface area contributed by atoms with Crippen molar-refractivity contribution in [3.05, 3.63) is 58.9 Å². The number of anilines is 2. The number of hydrogen-bond donors (Lipinski definition) is 1. The lowest BCUT2D eigenvalue weighted by atomic mass is 10.1. The molecule has 1 N–H and O–H groups in total. The van der Waals surface area contributed by atoms with Crippen molar-refractivity contribution in [3.8, 4) is 10.6 Å². The van der Waals surface area contributed by atoms with E-state index in [1.165, 1.54) is 22.3 Å². The largest absolute Gasteiger partial charge is 0.309 e. The smallest absolute Gasteiger partial charge is 0.231 e. The van der Waals surface area contributed by atoms with Crippen molar-refractivity contribution in [1.29, 1.82) is 0 Å². The van der Waals surface area contributed by atoms with Gasteiger partial charge in [0.05, 0.1) is 16.6 Å². The van der Waals surface area contributed by atoms with Crippen LogP contribution in [0.1, 0.15) is 12.0 Å². The summed E-state index contributed by atoms with van der Waals surface area (Å²) < 4.78 is 14.2. The summed E-state index contributed by atoms with van der Waals surface area (Å²) in [5, 5.41) is 12.2. The normalized spacial score (nSPS) is 16.3. The van der Waals surface area contributed by atoms with Crippen LogP contribution in [-0.4, -0.2) is 28.6 Å². The Kier molecular flexibility index (Phi) is 5.29. The number of rotatable bonds is 4. The quantitative estimate of drug-likeness (QED) is 0.669. The molecule has 1 fully saturated rings. The second-order valence-corrected chi connectivity index (χ2v) is 8.13. The molecule has 0 saturated carbocycles. The Hall–Kier alpha value is -2.84. The highest BCUT2D eigenvalue weighted by Crippen LogP contribution is 2.33. The lowest BCUT2D eigenvalue weighted by Crippen LogP contribution is -2.28. The average Bonchev–Trinajstić information content (AvgIpc) is 3.29. The first-order chi connectivity index (χ1) is 13.9. The third-order valence-electron chi connectivity index (χ3n) is 4.65. The minimum atomic E-state index is -0.601. The van der Waals surface area contributed by atoms with Crippen LogP contribution < -0.4 is 10.2 Å². The first-order valence-corrected chi connectivity index (χ1v) is 10.1. The van der Waals surface area contributed by atoms with Gasteiger partial charge < -0.3 is 10.2 Å². The van der Waals surface area contributed by atoms with Crippen LogP contribution in [-0.2, 0) is 9.59 Å². The summed E-state index contributed by atoms with van der Waals surface area (Å²) in [6, 6.07) is 11.9. The van der Waals surface area contributed by atoms with Crippen molar-refractivity contribution in [1.82, 2.24) is 10.2 Å². The van der Waals surface area contributed by atoms with Gasteiger partial charge in [0, 0.05) is 18.5 Å². The predicted molar refractivity (Wildman–Crippen MR) is 111 cm³/mol. The third kappa shape index (κ3) is 3.99. The van der Waals surface area contributed by atoms with E-state index in [1.54, 1.807) is 25.1 Å². The molecule has 9 heteroatoms. The van der Waals surface area contributed by atoms with E-state index in [0.717, 1.165) is 11.1 Å². The zero-order valence-corrected chi connectivity index (χ0v) is 16.9. The molecule has 2 aromatic carbocycles. The lowest BCUT2D eigenvalue weighted by molar-refractivity contribution is -0.122. The Morgan fingerprint density at radius 3 is 2.83 bits per heavy atom. The lowest BCUT2D eigenvalue weighted by Gasteiger charge is -2.17. The van der Waals surface area contributed by atoms with E-state index in [4.69, 9.17) is 11.6 Å². The van der Waals surface area contributed by atoms with Gasteiger partial charge in [0.15, 0.2) is 5.01 Å². The number of amides is 2. The molecule has 4 rings (SSSR count). The van der Waals surface area contributed by atoms with Crippen LogP contribution in [0.5, 0.6) is 0 Å². The van der Waals surface area contributed by atoms with Gasteiger partial charge >= 0.3 is 0 Å². The molecule has 1 atom stereocenters. The fraction of sp³-hybridized carbons (Fsp3) is 0.200. The van der Waals surface area contributed by atoms with E-state index in [9.17, 15) is 14.0 Å². The topological polar surface area (TPSA) is 75.2 Å². The molecule has 29 heavy (non-hydrogen) atoms. The van der Waals surface area contributed by atoms with Crippen molar-refractivity contribution < 1.29 is 14.0 Å². The monoisotopic (exact) mass is 430 g/mol. The summed E-state index contributed by atoms with van der Waals surface area (Å²) in [5.41, 5.74) is 1.68. The van der Waals surface area contributed by atoms with E-state index in [-0.39, 0.29) is 30.5 Å². The second-order valence-electron chi connectivity index (χ2n) is 6.74. The predicted octanol–water partition coefficient (Wildman–Crippen LogP) is 4.30. The molecule has 148 valence electrons. The molecular weight excluding hydrogens is 415 g/mol. The Labute approximate surface area is 175 Å². The van der Waals surface area contributed by atoms with Gasteiger partial charge in [-0.15, -0.1) is 10.2 Å². The number of carbonyl (C=O) groups is 2. The average molecular weight is 431 g/mol. The summed E-state index contributed by atoms with van der Waals surface area (Å²) >= 11 is 7.36. The van der Waals surface area contributed by atoms with Crippen LogP contribution in [0.15, 0.2) is 42.5 Å². The van der Waals surface area contributed by atoms with Gasteiger partial charge in [-0.2, -0.15) is 0 Å². The molecule has 0 radical (unpaired) electrons. The maximum absolute atomic E-state index is 14.2. The molecule has 2 amide bonds. The van der Waals surface area contributed by atoms with Crippen molar-refractivity contribution in [2.45, 2.75) is 13.3 Å². The number of hydrogen-bond acceptors (Lipinski definition) is 5. The zero-order valence-electron chi connectivity index (χ0n) is 15.4. The molecule has 1 unspecified atom stereocenters. The van der Waals surface area contributed by atoms with Crippen molar-refractivity contribution in [2.24, 2.45) is 5.92 Å². The maximum atomic E-state index is 14.2.